The summed E-state index contributed by atoms with van der Waals surface area (Å²) in [6.07, 6.45) is 0. The van der Waals surface area contributed by atoms with Gasteiger partial charge in [0.05, 0.1) is 0 Å². The van der Waals surface area contributed by atoms with Crippen molar-refractivity contribution < 1.29 is 8.83 Å². The maximum atomic E-state index is 7.46. The summed E-state index contributed by atoms with van der Waals surface area (Å²) in [7, 11) is 0. The van der Waals surface area contributed by atoms with Crippen molar-refractivity contribution in [2.45, 2.75) is 0 Å². The molecular weight excluding hydrogens is 388 g/mol. The molecule has 7 heteroatoms. The number of nitrogen functional groups attached to an aromatic ring is 2. The number of amidine groups is 2. The Bertz CT molecular complexity index is 1060. The molecule has 0 aliphatic rings. The Kier molecular flexibility index (Phi) is 5.57. The Hall–Kier alpha value is -3.77. The van der Waals surface area contributed by atoms with Gasteiger partial charge in [0.1, 0.15) is 23.2 Å². The predicted molar refractivity (Wildman–Crippen MR) is 117 cm³/mol. The molecule has 0 unspecified atom stereocenters. The van der Waals surface area contributed by atoms with Crippen LogP contribution >= 0.6 is 12.4 Å². The Balaban J connectivity index is 0.00000240. The average Bonchev–Trinajstić information content (AvgIpc) is 3.38. The molecule has 0 amide bonds. The highest BCUT2D eigenvalue weighted by Crippen LogP contribution is 2.32. The van der Waals surface area contributed by atoms with Crippen LogP contribution in [0.5, 0.6) is 0 Å². The van der Waals surface area contributed by atoms with Crippen LogP contribution in [0.25, 0.3) is 34.2 Å². The summed E-state index contributed by atoms with van der Waals surface area (Å²) in [6.45, 7) is 0. The van der Waals surface area contributed by atoms with Crippen LogP contribution < -0.4 is 11.5 Å². The van der Waals surface area contributed by atoms with Crippen molar-refractivity contribution in [3.63, 3.8) is 0 Å². The second-order valence-corrected chi connectivity index (χ2v) is 6.31. The van der Waals surface area contributed by atoms with Crippen molar-refractivity contribution >= 4 is 24.1 Å². The fourth-order valence-corrected chi connectivity index (χ4v) is 2.88. The van der Waals surface area contributed by atoms with Crippen LogP contribution in [0.3, 0.4) is 0 Å². The van der Waals surface area contributed by atoms with Gasteiger partial charge in [0.2, 0.25) is 0 Å². The molecule has 0 fully saturated rings. The molecule has 2 aromatic heterocycles. The van der Waals surface area contributed by atoms with E-state index in [1.807, 2.05) is 48.5 Å². The van der Waals surface area contributed by atoms with Gasteiger partial charge in [-0.15, -0.1) is 12.4 Å². The van der Waals surface area contributed by atoms with Gasteiger partial charge in [0, 0.05) is 22.3 Å². The molecular formula is C22H19ClN4O2. The van der Waals surface area contributed by atoms with E-state index in [2.05, 4.69) is 0 Å². The Morgan fingerprint density at radius 3 is 1.14 bits per heavy atom. The average molecular weight is 407 g/mol. The van der Waals surface area contributed by atoms with Gasteiger partial charge in [-0.2, -0.15) is 0 Å². The minimum Gasteiger partial charge on any atom is -0.453 e. The molecule has 2 heterocycles. The number of furan rings is 2. The van der Waals surface area contributed by atoms with E-state index in [4.69, 9.17) is 31.1 Å². The predicted octanol–water partition coefficient (Wildman–Crippen LogP) is 4.86. The van der Waals surface area contributed by atoms with Crippen molar-refractivity contribution in [3.05, 3.63) is 83.9 Å². The van der Waals surface area contributed by atoms with Gasteiger partial charge in [0.15, 0.2) is 11.5 Å². The van der Waals surface area contributed by atoms with E-state index >= 15 is 0 Å². The summed E-state index contributed by atoms with van der Waals surface area (Å²) in [4.78, 5) is 0. The number of halogens is 1. The molecule has 0 bridgehead atoms. The first kappa shape index (κ1) is 20.0. The van der Waals surface area contributed by atoms with Crippen LogP contribution in [-0.2, 0) is 0 Å². The maximum Gasteiger partial charge on any atom is 0.170 e. The molecule has 0 radical (unpaired) electrons. The smallest absolute Gasteiger partial charge is 0.170 e. The lowest BCUT2D eigenvalue weighted by Crippen LogP contribution is -2.10. The minimum atomic E-state index is 0. The maximum absolute atomic E-state index is 7.46. The molecule has 146 valence electrons. The normalized spacial score (nSPS) is 10.3. The SMILES string of the molecule is Cl.N=C(N)c1ccc(-c2ccc(-c3ccc(-c4ccc(C(=N)N)cc4)o3)o2)cc1. The van der Waals surface area contributed by atoms with Crippen LogP contribution in [0.15, 0.2) is 81.6 Å². The fourth-order valence-electron chi connectivity index (χ4n) is 2.88. The van der Waals surface area contributed by atoms with Crippen molar-refractivity contribution in [1.29, 1.82) is 10.8 Å². The van der Waals surface area contributed by atoms with E-state index < -0.39 is 0 Å². The van der Waals surface area contributed by atoms with Gasteiger partial charge in [-0.25, -0.2) is 0 Å². The largest absolute Gasteiger partial charge is 0.453 e. The summed E-state index contributed by atoms with van der Waals surface area (Å²) < 4.78 is 11.9. The van der Waals surface area contributed by atoms with Gasteiger partial charge in [-0.05, 0) is 24.3 Å². The van der Waals surface area contributed by atoms with Gasteiger partial charge in [-0.1, -0.05) is 48.5 Å². The number of hydrogen-bond acceptors (Lipinski definition) is 4. The van der Waals surface area contributed by atoms with E-state index in [9.17, 15) is 0 Å². The number of benzene rings is 2. The minimum absolute atomic E-state index is 0. The standard InChI is InChI=1S/C22H18N4O2.ClH/c23-21(24)15-5-1-13(2-6-15)17-9-11-19(27-17)20-12-10-18(28-20)14-3-7-16(8-4-14)22(25)26;/h1-12H,(H3,23,24)(H3,25,26);1H. The summed E-state index contributed by atoms with van der Waals surface area (Å²) in [5, 5.41) is 14.9. The zero-order valence-electron chi connectivity index (χ0n) is 15.3. The third-order valence-electron chi connectivity index (χ3n) is 4.42. The highest BCUT2D eigenvalue weighted by atomic mass is 35.5. The second kappa shape index (κ2) is 8.08. The van der Waals surface area contributed by atoms with Gasteiger partial charge < -0.3 is 20.3 Å². The number of rotatable bonds is 5. The topological polar surface area (TPSA) is 126 Å². The molecule has 0 aliphatic heterocycles. The monoisotopic (exact) mass is 406 g/mol. The lowest BCUT2D eigenvalue weighted by Gasteiger charge is -2.01. The highest BCUT2D eigenvalue weighted by molar-refractivity contribution is 5.95. The Morgan fingerprint density at radius 2 is 0.828 bits per heavy atom. The third kappa shape index (κ3) is 4.07. The van der Waals surface area contributed by atoms with Crippen molar-refractivity contribution in [3.8, 4) is 34.2 Å². The first-order valence-corrected chi connectivity index (χ1v) is 8.61. The molecule has 6 N–H and O–H groups in total. The molecule has 0 aliphatic carbocycles. The third-order valence-corrected chi connectivity index (χ3v) is 4.42. The van der Waals surface area contributed by atoms with E-state index in [0.29, 0.717) is 34.2 Å². The number of nitrogens with two attached hydrogens (primary N) is 2. The molecule has 29 heavy (non-hydrogen) atoms. The fraction of sp³-hybridized carbons (Fsp3) is 0. The van der Waals surface area contributed by atoms with Crippen molar-refractivity contribution in [1.82, 2.24) is 0 Å². The lowest BCUT2D eigenvalue weighted by molar-refractivity contribution is 0.539. The molecule has 2 aromatic carbocycles. The van der Waals surface area contributed by atoms with E-state index in [-0.39, 0.29) is 24.1 Å². The van der Waals surface area contributed by atoms with E-state index in [0.717, 1.165) is 11.1 Å². The van der Waals surface area contributed by atoms with Crippen LogP contribution in [-0.4, -0.2) is 11.7 Å². The van der Waals surface area contributed by atoms with E-state index in [1.165, 1.54) is 0 Å². The summed E-state index contributed by atoms with van der Waals surface area (Å²) >= 11 is 0. The molecule has 4 rings (SSSR count). The first-order chi connectivity index (χ1) is 13.5. The van der Waals surface area contributed by atoms with Crippen molar-refractivity contribution in [2.24, 2.45) is 11.5 Å². The van der Waals surface area contributed by atoms with Crippen LogP contribution in [0.2, 0.25) is 0 Å². The second-order valence-electron chi connectivity index (χ2n) is 6.31. The summed E-state index contributed by atoms with van der Waals surface area (Å²) in [5.41, 5.74) is 14.1. The van der Waals surface area contributed by atoms with Gasteiger partial charge >= 0.3 is 0 Å². The van der Waals surface area contributed by atoms with Gasteiger partial charge in [0.25, 0.3) is 0 Å². The molecule has 6 nitrogen and oxygen atoms in total. The number of nitrogens with one attached hydrogen (secondary N) is 2. The van der Waals surface area contributed by atoms with Crippen molar-refractivity contribution in [2.75, 3.05) is 0 Å². The Morgan fingerprint density at radius 1 is 0.517 bits per heavy atom. The van der Waals surface area contributed by atoms with E-state index in [1.54, 1.807) is 24.3 Å². The molecule has 0 saturated heterocycles. The number of hydrogen-bond donors (Lipinski definition) is 4. The molecule has 0 spiro atoms. The van der Waals surface area contributed by atoms with Crippen LogP contribution in [0.4, 0.5) is 0 Å². The van der Waals surface area contributed by atoms with Crippen LogP contribution in [0, 0.1) is 10.8 Å². The zero-order chi connectivity index (χ0) is 19.7. The molecule has 0 saturated carbocycles. The van der Waals surface area contributed by atoms with Gasteiger partial charge in [-0.3, -0.25) is 10.8 Å². The van der Waals surface area contributed by atoms with Crippen LogP contribution in [0.1, 0.15) is 11.1 Å². The first-order valence-electron chi connectivity index (χ1n) is 8.61. The lowest BCUT2D eigenvalue weighted by atomic mass is 10.1. The Labute approximate surface area is 173 Å². The molecule has 4 aromatic rings. The molecule has 0 atom stereocenters. The highest BCUT2D eigenvalue weighted by Gasteiger charge is 2.12. The zero-order valence-corrected chi connectivity index (χ0v) is 16.1. The quantitative estimate of drug-likeness (QED) is 0.278. The summed E-state index contributed by atoms with van der Waals surface area (Å²) in [6, 6.07) is 22.1. The summed E-state index contributed by atoms with van der Waals surface area (Å²) in [5.74, 6) is 2.72.